The van der Waals surface area contributed by atoms with E-state index in [0.717, 1.165) is 5.92 Å². The predicted molar refractivity (Wildman–Crippen MR) is 65.1 cm³/mol. The van der Waals surface area contributed by atoms with Crippen molar-refractivity contribution >= 4 is 0 Å². The minimum atomic E-state index is 0.465. The minimum Gasteiger partial charge on any atom is -0.315 e. The van der Waals surface area contributed by atoms with Gasteiger partial charge in [0.05, 0.1) is 0 Å². The first kappa shape index (κ1) is 11.4. The van der Waals surface area contributed by atoms with Gasteiger partial charge in [-0.1, -0.05) is 19.3 Å². The molecule has 2 aliphatic carbocycles. The zero-order valence-electron chi connectivity index (χ0n) is 10.4. The van der Waals surface area contributed by atoms with Gasteiger partial charge >= 0.3 is 0 Å². The van der Waals surface area contributed by atoms with Gasteiger partial charge in [0, 0.05) is 12.1 Å². The monoisotopic (exact) mass is 210 g/mol. The van der Waals surface area contributed by atoms with E-state index in [1.54, 1.807) is 0 Å². The van der Waals surface area contributed by atoms with E-state index in [0.29, 0.717) is 5.54 Å². The number of likely N-dealkylation sites (N-methyl/N-ethyl adjacent to an activating group) is 1. The fourth-order valence-corrected chi connectivity index (χ4v) is 2.82. The smallest absolute Gasteiger partial charge is 0.0327 e. The van der Waals surface area contributed by atoms with E-state index >= 15 is 0 Å². The molecule has 0 spiro atoms. The molecule has 2 saturated carbocycles. The van der Waals surface area contributed by atoms with E-state index in [2.05, 4.69) is 24.3 Å². The van der Waals surface area contributed by atoms with Crippen LogP contribution in [-0.2, 0) is 0 Å². The molecule has 2 rings (SSSR count). The molecule has 0 aromatic rings. The number of hydrogen-bond acceptors (Lipinski definition) is 2. The topological polar surface area (TPSA) is 15.3 Å². The van der Waals surface area contributed by atoms with Gasteiger partial charge in [0.25, 0.3) is 0 Å². The highest BCUT2D eigenvalue weighted by atomic mass is 15.2. The summed E-state index contributed by atoms with van der Waals surface area (Å²) in [7, 11) is 4.51. The number of hydrogen-bond donors (Lipinski definition) is 1. The third kappa shape index (κ3) is 2.94. The van der Waals surface area contributed by atoms with Crippen molar-refractivity contribution in [3.05, 3.63) is 0 Å². The molecule has 0 saturated heterocycles. The Bertz CT molecular complexity index is 191. The van der Waals surface area contributed by atoms with Crippen LogP contribution < -0.4 is 5.32 Å². The summed E-state index contributed by atoms with van der Waals surface area (Å²) in [4.78, 5) is 2.46. The predicted octanol–water partition coefficient (Wildman–Crippen LogP) is 2.25. The summed E-state index contributed by atoms with van der Waals surface area (Å²) < 4.78 is 0. The SMILES string of the molecule is CN(C)C1(CNCC2CC2)CCCCC1. The molecule has 2 aliphatic rings. The lowest BCUT2D eigenvalue weighted by Crippen LogP contribution is -2.53. The number of nitrogens with zero attached hydrogens (tertiary/aromatic N) is 1. The van der Waals surface area contributed by atoms with Crippen LogP contribution in [0.4, 0.5) is 0 Å². The van der Waals surface area contributed by atoms with Crippen molar-refractivity contribution in [1.29, 1.82) is 0 Å². The van der Waals surface area contributed by atoms with Crippen molar-refractivity contribution in [3.8, 4) is 0 Å². The van der Waals surface area contributed by atoms with Gasteiger partial charge in [0.1, 0.15) is 0 Å². The lowest BCUT2D eigenvalue weighted by Gasteiger charge is -2.43. The van der Waals surface area contributed by atoms with E-state index in [1.165, 1.54) is 58.0 Å². The molecule has 1 N–H and O–H groups in total. The zero-order valence-corrected chi connectivity index (χ0v) is 10.4. The highest BCUT2D eigenvalue weighted by Crippen LogP contribution is 2.32. The van der Waals surface area contributed by atoms with Crippen LogP contribution in [0.25, 0.3) is 0 Å². The van der Waals surface area contributed by atoms with Gasteiger partial charge in [-0.15, -0.1) is 0 Å². The highest BCUT2D eigenvalue weighted by molar-refractivity contribution is 4.93. The van der Waals surface area contributed by atoms with Gasteiger partial charge in [-0.25, -0.2) is 0 Å². The summed E-state index contributed by atoms with van der Waals surface area (Å²) in [5, 5.41) is 3.70. The maximum Gasteiger partial charge on any atom is 0.0327 e. The molecule has 0 aromatic heterocycles. The summed E-state index contributed by atoms with van der Waals surface area (Å²) >= 11 is 0. The van der Waals surface area contributed by atoms with Crippen LogP contribution in [0.1, 0.15) is 44.9 Å². The highest BCUT2D eigenvalue weighted by Gasteiger charge is 2.34. The molecular formula is C13H26N2. The first-order chi connectivity index (χ1) is 7.23. The maximum absolute atomic E-state index is 3.70. The summed E-state index contributed by atoms with van der Waals surface area (Å²) in [5.41, 5.74) is 0.465. The second-order valence-electron chi connectivity index (χ2n) is 5.75. The van der Waals surface area contributed by atoms with Crippen LogP contribution >= 0.6 is 0 Å². The molecule has 0 radical (unpaired) electrons. The minimum absolute atomic E-state index is 0.465. The average Bonchev–Trinajstić information content (AvgIpc) is 3.03. The summed E-state index contributed by atoms with van der Waals surface area (Å²) in [6.07, 6.45) is 9.98. The second-order valence-corrected chi connectivity index (χ2v) is 5.75. The van der Waals surface area contributed by atoms with Crippen LogP contribution in [0, 0.1) is 5.92 Å². The molecule has 0 heterocycles. The van der Waals surface area contributed by atoms with Crippen molar-refractivity contribution < 1.29 is 0 Å². The van der Waals surface area contributed by atoms with E-state index in [9.17, 15) is 0 Å². The third-order valence-corrected chi connectivity index (χ3v) is 4.32. The Balaban J connectivity index is 1.80. The van der Waals surface area contributed by atoms with Crippen LogP contribution in [0.3, 0.4) is 0 Å². The van der Waals surface area contributed by atoms with E-state index in [1.807, 2.05) is 0 Å². The lowest BCUT2D eigenvalue weighted by atomic mass is 9.80. The molecule has 0 bridgehead atoms. The Kier molecular flexibility index (Phi) is 3.68. The second kappa shape index (κ2) is 4.84. The summed E-state index contributed by atoms with van der Waals surface area (Å²) in [6.45, 7) is 2.46. The Morgan fingerprint density at radius 1 is 1.13 bits per heavy atom. The molecule has 15 heavy (non-hydrogen) atoms. The number of nitrogens with one attached hydrogen (secondary N) is 1. The molecule has 0 atom stereocenters. The van der Waals surface area contributed by atoms with Gasteiger partial charge in [-0.3, -0.25) is 0 Å². The fourth-order valence-electron chi connectivity index (χ4n) is 2.82. The first-order valence-electron chi connectivity index (χ1n) is 6.61. The van der Waals surface area contributed by atoms with Gasteiger partial charge in [-0.05, 0) is 52.2 Å². The van der Waals surface area contributed by atoms with E-state index in [4.69, 9.17) is 0 Å². The zero-order chi connectivity index (χ0) is 10.7. The van der Waals surface area contributed by atoms with Crippen LogP contribution in [0.5, 0.6) is 0 Å². The van der Waals surface area contributed by atoms with Gasteiger partial charge in [-0.2, -0.15) is 0 Å². The van der Waals surface area contributed by atoms with Crippen molar-refractivity contribution in [3.63, 3.8) is 0 Å². The van der Waals surface area contributed by atoms with Gasteiger partial charge in [0.2, 0.25) is 0 Å². The number of rotatable bonds is 5. The molecule has 0 unspecified atom stereocenters. The molecule has 2 fully saturated rings. The van der Waals surface area contributed by atoms with E-state index in [-0.39, 0.29) is 0 Å². The molecule has 2 heteroatoms. The molecule has 0 aromatic carbocycles. The van der Waals surface area contributed by atoms with Crippen LogP contribution in [0.15, 0.2) is 0 Å². The quantitative estimate of drug-likeness (QED) is 0.749. The fraction of sp³-hybridized carbons (Fsp3) is 1.00. The Morgan fingerprint density at radius 2 is 1.80 bits per heavy atom. The van der Waals surface area contributed by atoms with Crippen molar-refractivity contribution in [2.24, 2.45) is 5.92 Å². The molecule has 2 nitrogen and oxygen atoms in total. The maximum atomic E-state index is 3.70. The summed E-state index contributed by atoms with van der Waals surface area (Å²) in [5.74, 6) is 1.01. The normalized spacial score (nSPS) is 25.8. The van der Waals surface area contributed by atoms with Crippen LogP contribution in [0.2, 0.25) is 0 Å². The Morgan fingerprint density at radius 3 is 2.33 bits per heavy atom. The molecule has 0 amide bonds. The largest absolute Gasteiger partial charge is 0.315 e. The Hall–Kier alpha value is -0.0800. The summed E-state index contributed by atoms with van der Waals surface area (Å²) in [6, 6.07) is 0. The lowest BCUT2D eigenvalue weighted by molar-refractivity contribution is 0.0986. The van der Waals surface area contributed by atoms with Crippen molar-refractivity contribution in [1.82, 2.24) is 10.2 Å². The van der Waals surface area contributed by atoms with Crippen molar-refractivity contribution in [2.45, 2.75) is 50.5 Å². The standard InChI is InChI=1S/C13H26N2/c1-15(2)13(8-4-3-5-9-13)11-14-10-12-6-7-12/h12,14H,3-11H2,1-2H3. The molecular weight excluding hydrogens is 184 g/mol. The van der Waals surface area contributed by atoms with Crippen LogP contribution in [-0.4, -0.2) is 37.6 Å². The average molecular weight is 210 g/mol. The van der Waals surface area contributed by atoms with Gasteiger partial charge < -0.3 is 10.2 Å². The van der Waals surface area contributed by atoms with Gasteiger partial charge in [0.15, 0.2) is 0 Å². The Labute approximate surface area is 94.4 Å². The third-order valence-electron chi connectivity index (χ3n) is 4.32. The molecule has 88 valence electrons. The first-order valence-corrected chi connectivity index (χ1v) is 6.61. The molecule has 0 aliphatic heterocycles. The van der Waals surface area contributed by atoms with Crippen molar-refractivity contribution in [2.75, 3.05) is 27.2 Å². The van der Waals surface area contributed by atoms with E-state index < -0.39 is 0 Å².